The third-order valence-corrected chi connectivity index (χ3v) is 6.11. The van der Waals surface area contributed by atoms with Crippen molar-refractivity contribution in [2.24, 2.45) is 0 Å². The Morgan fingerprint density at radius 2 is 1.48 bits per heavy atom. The molecule has 0 aliphatic heterocycles. The molecular formula is C13H12N4NaO11PS. The molecule has 0 radical (unpaired) electrons. The van der Waals surface area contributed by atoms with Gasteiger partial charge in [-0.25, -0.2) is 13.0 Å². The van der Waals surface area contributed by atoms with Gasteiger partial charge in [-0.1, -0.05) is 0 Å². The molecule has 2 N–H and O–H groups in total. The quantitative estimate of drug-likeness (QED) is 0.190. The minimum Gasteiger partial charge on any atom is -1.00 e. The van der Waals surface area contributed by atoms with Gasteiger partial charge in [-0.15, -0.1) is 0 Å². The molecule has 0 saturated heterocycles. The van der Waals surface area contributed by atoms with Crippen molar-refractivity contribution in [3.8, 4) is 5.75 Å². The average molecular weight is 486 g/mol. The minimum absolute atomic E-state index is 0. The average Bonchev–Trinajstić information content (AvgIpc) is 2.66. The summed E-state index contributed by atoms with van der Waals surface area (Å²) in [5.41, 5.74) is -2.16. The van der Waals surface area contributed by atoms with Crippen LogP contribution in [0.1, 0.15) is 1.43 Å². The number of rotatable bonds is 9. The van der Waals surface area contributed by atoms with Crippen molar-refractivity contribution in [1.29, 1.82) is 0 Å². The topological polar surface area (TPSA) is 222 Å². The molecule has 162 valence electrons. The van der Waals surface area contributed by atoms with E-state index in [1.165, 1.54) is 0 Å². The summed E-state index contributed by atoms with van der Waals surface area (Å²) in [5.74, 6) is -0.271. The molecule has 1 unspecified atom stereocenters. The van der Waals surface area contributed by atoms with Gasteiger partial charge in [0.05, 0.1) is 20.8 Å². The molecule has 2 aromatic carbocycles. The van der Waals surface area contributed by atoms with Crippen LogP contribution in [0.5, 0.6) is 5.75 Å². The van der Waals surface area contributed by atoms with E-state index in [1.807, 2.05) is 0 Å². The van der Waals surface area contributed by atoms with Crippen LogP contribution >= 0.6 is 7.60 Å². The molecule has 0 saturated carbocycles. The number of nitro groups is 3. The van der Waals surface area contributed by atoms with Crippen molar-refractivity contribution < 1.29 is 68.2 Å². The van der Waals surface area contributed by atoms with Crippen molar-refractivity contribution in [2.75, 3.05) is 6.29 Å². The van der Waals surface area contributed by atoms with E-state index >= 15 is 0 Å². The molecule has 2 rings (SSSR count). The van der Waals surface area contributed by atoms with Gasteiger partial charge < -0.3 is 10.8 Å². The molecule has 0 heterocycles. The molecule has 0 aromatic heterocycles. The van der Waals surface area contributed by atoms with E-state index in [0.717, 1.165) is 24.3 Å². The molecule has 18 heteroatoms. The maximum Gasteiger partial charge on any atom is 1.00 e. The summed E-state index contributed by atoms with van der Waals surface area (Å²) >= 11 is 0. The molecule has 31 heavy (non-hydrogen) atoms. The van der Waals surface area contributed by atoms with E-state index in [2.05, 4.69) is 0 Å². The second-order valence-electron chi connectivity index (χ2n) is 5.45. The maximum absolute atomic E-state index is 12.3. The summed E-state index contributed by atoms with van der Waals surface area (Å²) in [4.78, 5) is 38.4. The Kier molecular flexibility index (Phi) is 8.77. The first kappa shape index (κ1) is 26.6. The van der Waals surface area contributed by atoms with Crippen LogP contribution in [0.4, 0.5) is 17.1 Å². The first-order valence-corrected chi connectivity index (χ1v) is 10.8. The Labute approximate surface area is 196 Å². The second-order valence-corrected chi connectivity index (χ2v) is 8.96. The number of nitro benzene ring substituents is 3. The number of nitrogens with one attached hydrogen (secondary N) is 1. The van der Waals surface area contributed by atoms with E-state index in [0.29, 0.717) is 18.2 Å². The molecule has 0 fully saturated rings. The molecule has 2 aromatic rings. The minimum atomic E-state index is -4.74. The summed E-state index contributed by atoms with van der Waals surface area (Å²) in [6.45, 7) is 0. The van der Waals surface area contributed by atoms with Crippen LogP contribution < -0.4 is 38.8 Å². The number of hydrogen-bond acceptors (Lipinski definition) is 10. The monoisotopic (exact) mass is 486 g/mol. The largest absolute Gasteiger partial charge is 1.00 e. The molecular weight excluding hydrogens is 474 g/mol. The number of non-ortho nitro benzene ring substituents is 2. The van der Waals surface area contributed by atoms with Gasteiger partial charge in [0.1, 0.15) is 12.0 Å². The van der Waals surface area contributed by atoms with Gasteiger partial charge >= 0.3 is 37.2 Å². The first-order valence-electron chi connectivity index (χ1n) is 7.51. The summed E-state index contributed by atoms with van der Waals surface area (Å²) < 4.78 is 43.1. The van der Waals surface area contributed by atoms with Crippen LogP contribution in [-0.4, -0.2) is 34.4 Å². The fourth-order valence-corrected chi connectivity index (χ4v) is 4.72. The third-order valence-electron chi connectivity index (χ3n) is 3.39. The van der Waals surface area contributed by atoms with Crippen molar-refractivity contribution in [2.45, 2.75) is 4.90 Å². The fourth-order valence-electron chi connectivity index (χ4n) is 2.06. The zero-order valence-electron chi connectivity index (χ0n) is 16.5. The van der Waals surface area contributed by atoms with Crippen molar-refractivity contribution in [3.05, 3.63) is 72.8 Å². The van der Waals surface area contributed by atoms with Gasteiger partial charge in [0, 0.05) is 18.2 Å². The smallest absolute Gasteiger partial charge is 1.00 e. The van der Waals surface area contributed by atoms with E-state index in [9.17, 15) is 48.2 Å². The predicted molar refractivity (Wildman–Crippen MR) is 99.6 cm³/mol. The van der Waals surface area contributed by atoms with Gasteiger partial charge in [0.15, 0.2) is 4.90 Å². The van der Waals surface area contributed by atoms with Gasteiger partial charge in [-0.05, 0) is 18.2 Å². The molecule has 15 nitrogen and oxygen atoms in total. The van der Waals surface area contributed by atoms with Crippen LogP contribution in [0.15, 0.2) is 47.4 Å². The van der Waals surface area contributed by atoms with E-state index in [4.69, 9.17) is 4.52 Å². The van der Waals surface area contributed by atoms with Crippen LogP contribution in [0, 0.1) is 30.3 Å². The summed E-state index contributed by atoms with van der Waals surface area (Å²) in [5, 5.41) is 32.4. The Balaban J connectivity index is 0.00000480. The molecule has 1 atom stereocenters. The number of benzene rings is 2. The normalized spacial score (nSPS) is 12.8. The molecule has 0 aliphatic carbocycles. The van der Waals surface area contributed by atoms with E-state index < -0.39 is 54.9 Å². The van der Waals surface area contributed by atoms with Gasteiger partial charge in [-0.3, -0.25) is 30.3 Å². The third kappa shape index (κ3) is 7.03. The summed E-state index contributed by atoms with van der Waals surface area (Å²) in [6.07, 6.45) is -1.21. The first-order chi connectivity index (χ1) is 13.8. The van der Waals surface area contributed by atoms with Crippen molar-refractivity contribution in [1.82, 2.24) is 4.72 Å². The van der Waals surface area contributed by atoms with Crippen LogP contribution in [-0.2, 0) is 14.6 Å². The Hall–Kier alpha value is -2.46. The number of sulfonamides is 1. The Morgan fingerprint density at radius 3 is 1.97 bits per heavy atom. The Morgan fingerprint density at radius 1 is 0.968 bits per heavy atom. The molecule has 0 aliphatic rings. The predicted octanol–water partition coefficient (Wildman–Crippen LogP) is -0.972. The van der Waals surface area contributed by atoms with Crippen molar-refractivity contribution in [3.63, 3.8) is 0 Å². The van der Waals surface area contributed by atoms with Gasteiger partial charge in [0.25, 0.3) is 17.1 Å². The molecule has 0 amide bonds. The van der Waals surface area contributed by atoms with Crippen LogP contribution in [0.2, 0.25) is 0 Å². The fraction of sp³-hybridized carbons (Fsp3) is 0.0769. The summed E-state index contributed by atoms with van der Waals surface area (Å²) in [7, 11) is -9.41. The number of hydrogen-bond donors (Lipinski definition) is 2. The van der Waals surface area contributed by atoms with Gasteiger partial charge in [0.2, 0.25) is 10.0 Å². The summed E-state index contributed by atoms with van der Waals surface area (Å²) in [6, 6.07) is 5.75. The van der Waals surface area contributed by atoms with Crippen LogP contribution in [0.25, 0.3) is 0 Å². The number of nitrogens with zero attached hydrogens (tertiary/aromatic N) is 3. The zero-order chi connectivity index (χ0) is 22.7. The van der Waals surface area contributed by atoms with E-state index in [-0.39, 0.29) is 42.4 Å². The zero-order valence-corrected chi connectivity index (χ0v) is 19.2. The molecule has 0 spiro atoms. The molecule has 0 bridgehead atoms. The Bertz CT molecular complexity index is 1180. The van der Waals surface area contributed by atoms with E-state index in [1.54, 1.807) is 4.72 Å². The second kappa shape index (κ2) is 10.2. The van der Waals surface area contributed by atoms with Gasteiger partial charge in [-0.2, -0.15) is 4.72 Å². The maximum atomic E-state index is 12.3. The van der Waals surface area contributed by atoms with Crippen molar-refractivity contribution >= 4 is 34.7 Å². The van der Waals surface area contributed by atoms with Crippen LogP contribution in [0.3, 0.4) is 0 Å². The SMILES string of the molecule is O=[N+]([O-])c1ccc(OP(=O)(O)CNS(=O)(=O)c2ccc([N+](=O)[O-])cc2[N+](=O)[O-])cc1.[H-].[Na+]. The standard InChI is InChI=1S/C13H11N4O11PS.Na.H/c18-15(19)9-1-4-11(5-2-9)28-29(24,25)8-14-30(26,27)13-6-3-10(16(20)21)7-12(13)17(22)23;;/h1-7,14H,8H2,(H,24,25);;/q;+1;-1.